The number of hydrogen-bond donors (Lipinski definition) is 1. The summed E-state index contributed by atoms with van der Waals surface area (Å²) in [6.07, 6.45) is 3.80. The summed E-state index contributed by atoms with van der Waals surface area (Å²) in [6.45, 7) is 3.69. The van der Waals surface area contributed by atoms with Crippen molar-refractivity contribution in [3.63, 3.8) is 0 Å². The van der Waals surface area contributed by atoms with Crippen LogP contribution in [0.5, 0.6) is 0 Å². The fourth-order valence-electron chi connectivity index (χ4n) is 6.81. The summed E-state index contributed by atoms with van der Waals surface area (Å²) in [5, 5.41) is 14.0. The van der Waals surface area contributed by atoms with Crippen molar-refractivity contribution in [2.24, 2.45) is 17.3 Å². The van der Waals surface area contributed by atoms with E-state index in [0.717, 1.165) is 11.3 Å². The van der Waals surface area contributed by atoms with E-state index < -0.39 is 34.6 Å². The number of carbonyl (C=O) groups is 2. The van der Waals surface area contributed by atoms with Crippen LogP contribution in [0.1, 0.15) is 44.7 Å². The average Bonchev–Trinajstić information content (AvgIpc) is 3.45. The highest BCUT2D eigenvalue weighted by Gasteiger charge is 2.74. The molecule has 0 amide bonds. The van der Waals surface area contributed by atoms with Crippen LogP contribution in [0.4, 0.5) is 5.69 Å². The molecule has 2 aliphatic heterocycles. The molecule has 1 saturated carbocycles. The molecule has 3 fully saturated rings. The van der Waals surface area contributed by atoms with E-state index in [1.807, 2.05) is 61.5 Å². The molecule has 0 radical (unpaired) electrons. The second-order valence-corrected chi connectivity index (χ2v) is 10.9. The lowest BCUT2D eigenvalue weighted by Gasteiger charge is -2.43. The van der Waals surface area contributed by atoms with Gasteiger partial charge in [0, 0.05) is 17.4 Å². The molecular formula is C28H28ClNO5. The second kappa shape index (κ2) is 7.66. The maximum absolute atomic E-state index is 13.7. The van der Waals surface area contributed by atoms with Crippen LogP contribution in [0.3, 0.4) is 0 Å². The zero-order valence-corrected chi connectivity index (χ0v) is 20.4. The van der Waals surface area contributed by atoms with Crippen LogP contribution in [-0.2, 0) is 19.2 Å². The maximum atomic E-state index is 13.7. The summed E-state index contributed by atoms with van der Waals surface area (Å²) in [4.78, 5) is 33.6. The smallest absolute Gasteiger partial charge is 0.342 e. The molecule has 2 saturated heterocycles. The van der Waals surface area contributed by atoms with E-state index >= 15 is 0 Å². The van der Waals surface area contributed by atoms with Crippen LogP contribution in [0.15, 0.2) is 66.7 Å². The van der Waals surface area contributed by atoms with Crippen molar-refractivity contribution in [3.8, 4) is 0 Å². The van der Waals surface area contributed by atoms with Crippen molar-refractivity contribution in [3.05, 3.63) is 77.3 Å². The first-order valence-corrected chi connectivity index (χ1v) is 12.5. The molecule has 7 atom stereocenters. The van der Waals surface area contributed by atoms with Gasteiger partial charge in [-0.15, -0.1) is 0 Å². The molecule has 2 aromatic carbocycles. The van der Waals surface area contributed by atoms with Crippen LogP contribution in [0.25, 0.3) is 0 Å². The normalized spacial score (nSPS) is 40.1. The highest BCUT2D eigenvalue weighted by atomic mass is 35.5. The van der Waals surface area contributed by atoms with Crippen molar-refractivity contribution >= 4 is 29.0 Å². The lowest BCUT2D eigenvalue weighted by atomic mass is 9.63. The first-order valence-electron chi connectivity index (χ1n) is 12.2. The number of rotatable bonds is 2. The number of allylic oxidation sites excluding steroid dienone is 1. The van der Waals surface area contributed by atoms with Crippen molar-refractivity contribution in [2.75, 3.05) is 5.06 Å². The number of aliphatic hydroxyl groups is 1. The Hall–Kier alpha value is -2.67. The van der Waals surface area contributed by atoms with Gasteiger partial charge in [-0.25, -0.2) is 9.86 Å². The zero-order valence-electron chi connectivity index (χ0n) is 19.7. The fourth-order valence-corrected chi connectivity index (χ4v) is 7.08. The van der Waals surface area contributed by atoms with Gasteiger partial charge in [-0.2, -0.15) is 0 Å². The molecule has 182 valence electrons. The van der Waals surface area contributed by atoms with E-state index in [2.05, 4.69) is 0 Å². The van der Waals surface area contributed by atoms with Gasteiger partial charge in [0.25, 0.3) is 0 Å². The number of hydrogen-bond acceptors (Lipinski definition) is 6. The van der Waals surface area contributed by atoms with Crippen molar-refractivity contribution in [1.82, 2.24) is 0 Å². The zero-order chi connectivity index (χ0) is 24.6. The molecule has 0 aromatic heterocycles. The number of benzene rings is 2. The summed E-state index contributed by atoms with van der Waals surface area (Å²) in [6, 6.07) is 16.9. The number of halogens is 1. The SMILES string of the molecule is C[C@H]1CC[C@@H]2[C@@H](OC(=O)[C@]23CC(c2ccccc2Cl)N(c2ccccc2)O3)[C@]2(C)C(=O)C=C[C@@]12O. The van der Waals surface area contributed by atoms with Crippen molar-refractivity contribution < 1.29 is 24.3 Å². The Morgan fingerprint density at radius 1 is 1.06 bits per heavy atom. The molecule has 0 bridgehead atoms. The number of ether oxygens (including phenoxy) is 1. The van der Waals surface area contributed by atoms with Crippen LogP contribution in [-0.4, -0.2) is 34.2 Å². The molecule has 1 unspecified atom stereocenters. The lowest BCUT2D eigenvalue weighted by molar-refractivity contribution is -0.169. The van der Waals surface area contributed by atoms with Gasteiger partial charge < -0.3 is 9.84 Å². The van der Waals surface area contributed by atoms with E-state index in [0.29, 0.717) is 24.3 Å². The number of fused-ring (bicyclic) bond motifs is 4. The topological polar surface area (TPSA) is 76.1 Å². The largest absolute Gasteiger partial charge is 0.459 e. The summed E-state index contributed by atoms with van der Waals surface area (Å²) in [7, 11) is 0. The minimum Gasteiger partial charge on any atom is -0.459 e. The Labute approximate surface area is 209 Å². The quantitative estimate of drug-likeness (QED) is 0.605. The molecule has 6 nitrogen and oxygen atoms in total. The highest BCUT2D eigenvalue weighted by Crippen LogP contribution is 2.61. The molecule has 1 spiro atoms. The van der Waals surface area contributed by atoms with Crippen LogP contribution in [0.2, 0.25) is 5.02 Å². The number of para-hydroxylation sites is 1. The molecule has 2 heterocycles. The Kier molecular flexibility index (Phi) is 4.99. The van der Waals surface area contributed by atoms with Crippen LogP contribution < -0.4 is 5.06 Å². The maximum Gasteiger partial charge on any atom is 0.342 e. The lowest BCUT2D eigenvalue weighted by Crippen LogP contribution is -2.57. The van der Waals surface area contributed by atoms with Gasteiger partial charge in [-0.1, -0.05) is 54.9 Å². The molecule has 35 heavy (non-hydrogen) atoms. The van der Waals surface area contributed by atoms with Gasteiger partial charge in [0.2, 0.25) is 5.60 Å². The summed E-state index contributed by atoms with van der Waals surface area (Å²) in [5.74, 6) is -1.28. The average molecular weight is 494 g/mol. The molecule has 4 aliphatic rings. The summed E-state index contributed by atoms with van der Waals surface area (Å²) in [5.41, 5.74) is -2.28. The molecule has 2 aliphatic carbocycles. The third-order valence-electron chi connectivity index (χ3n) is 8.92. The first-order chi connectivity index (χ1) is 16.7. The van der Waals surface area contributed by atoms with Gasteiger partial charge in [0.05, 0.1) is 17.1 Å². The van der Waals surface area contributed by atoms with E-state index in [-0.39, 0.29) is 17.7 Å². The minimum atomic E-state index is -1.38. The van der Waals surface area contributed by atoms with Crippen molar-refractivity contribution in [2.45, 2.75) is 56.5 Å². The molecule has 1 N–H and O–H groups in total. The molecular weight excluding hydrogens is 466 g/mol. The Morgan fingerprint density at radius 3 is 2.51 bits per heavy atom. The number of ketones is 1. The minimum absolute atomic E-state index is 0.178. The van der Waals surface area contributed by atoms with Crippen LogP contribution >= 0.6 is 11.6 Å². The number of nitrogens with zero attached hydrogens (tertiary/aromatic N) is 1. The monoisotopic (exact) mass is 493 g/mol. The van der Waals surface area contributed by atoms with Crippen LogP contribution in [0, 0.1) is 17.3 Å². The van der Waals surface area contributed by atoms with E-state index in [1.54, 1.807) is 18.1 Å². The Bertz CT molecular complexity index is 1230. The van der Waals surface area contributed by atoms with E-state index in [9.17, 15) is 14.7 Å². The number of esters is 1. The molecule has 7 heteroatoms. The van der Waals surface area contributed by atoms with Gasteiger partial charge in [0.1, 0.15) is 11.7 Å². The molecule has 2 aromatic rings. The number of anilines is 1. The predicted octanol–water partition coefficient (Wildman–Crippen LogP) is 4.81. The third kappa shape index (κ3) is 2.90. The second-order valence-electron chi connectivity index (χ2n) is 10.5. The number of carbonyl (C=O) groups excluding carboxylic acids is 2. The van der Waals surface area contributed by atoms with Crippen molar-refractivity contribution in [1.29, 1.82) is 0 Å². The van der Waals surface area contributed by atoms with E-state index in [1.165, 1.54) is 6.08 Å². The predicted molar refractivity (Wildman–Crippen MR) is 131 cm³/mol. The Balaban J connectivity index is 1.47. The Morgan fingerprint density at radius 2 is 1.77 bits per heavy atom. The van der Waals surface area contributed by atoms with Gasteiger partial charge in [-0.3, -0.25) is 9.63 Å². The van der Waals surface area contributed by atoms with Gasteiger partial charge >= 0.3 is 5.97 Å². The summed E-state index contributed by atoms with van der Waals surface area (Å²) >= 11 is 6.62. The standard InChI is InChI=1S/C28H28ClNO5/c1-17-12-13-20-24(26(2)23(31)14-15-28(17,26)33)34-25(32)27(20)16-22(19-10-6-7-11-21(19)29)30(35-27)18-8-4-3-5-9-18/h3-11,14-15,17,20,22,24,33H,12-13,16H2,1-2H3/t17-,20+,22?,24+,26-,27-,28+/m0/s1. The first kappa shape index (κ1) is 22.8. The molecule has 6 rings (SSSR count). The van der Waals surface area contributed by atoms with E-state index in [4.69, 9.17) is 21.2 Å². The van der Waals surface area contributed by atoms with Gasteiger partial charge in [-0.05, 0) is 61.6 Å². The third-order valence-corrected chi connectivity index (χ3v) is 9.27. The fraction of sp³-hybridized carbons (Fsp3) is 0.429. The summed E-state index contributed by atoms with van der Waals surface area (Å²) < 4.78 is 6.04. The van der Waals surface area contributed by atoms with Gasteiger partial charge in [0.15, 0.2) is 5.78 Å². The highest BCUT2D eigenvalue weighted by molar-refractivity contribution is 6.31. The number of hydroxylamine groups is 1.